The molecular weight excluding hydrogens is 1230 g/mol. The topological polar surface area (TPSA) is 0 Å². The lowest BCUT2D eigenvalue weighted by atomic mass is 9.84. The molecule has 0 radical (unpaired) electrons. The molecule has 20 aromatic rings. The van der Waals surface area contributed by atoms with Crippen molar-refractivity contribution in [1.29, 1.82) is 0 Å². The molecule has 20 aromatic carbocycles. The average Bonchev–Trinajstić information content (AvgIpc) is 0.739. The molecule has 0 fully saturated rings. The lowest BCUT2D eigenvalue weighted by Gasteiger charge is -2.19. The molecule has 0 aliphatic carbocycles. The Bertz CT molecular complexity index is 6470. The van der Waals surface area contributed by atoms with Gasteiger partial charge in [-0.2, -0.15) is 0 Å². The Morgan fingerprint density at radius 2 is 0.373 bits per heavy atom. The molecule has 0 heterocycles. The van der Waals surface area contributed by atoms with Gasteiger partial charge in [-0.3, -0.25) is 0 Å². The van der Waals surface area contributed by atoms with Gasteiger partial charge in [0.15, 0.2) is 0 Å². The quantitative estimate of drug-likeness (QED) is 0.0998. The summed E-state index contributed by atoms with van der Waals surface area (Å²) in [6.07, 6.45) is 0. The summed E-state index contributed by atoms with van der Waals surface area (Å²) in [5.41, 5.74) is 22.3. The van der Waals surface area contributed by atoms with Crippen molar-refractivity contribution in [2.24, 2.45) is 0 Å². The van der Waals surface area contributed by atoms with Crippen molar-refractivity contribution in [1.82, 2.24) is 0 Å². The molecule has 0 amide bonds. The molecule has 0 saturated carbocycles. The minimum Gasteiger partial charge on any atom is -0.0622 e. The molecule has 0 aliphatic heterocycles. The lowest BCUT2D eigenvalue weighted by molar-refractivity contribution is 1.58. The highest BCUT2D eigenvalue weighted by Crippen LogP contribution is 2.49. The molecule has 102 heavy (non-hydrogen) atoms. The van der Waals surface area contributed by atoms with Crippen molar-refractivity contribution in [3.8, 4) is 100 Å². The molecule has 474 valence electrons. The van der Waals surface area contributed by atoms with Gasteiger partial charge in [-0.1, -0.05) is 346 Å². The van der Waals surface area contributed by atoms with E-state index < -0.39 is 0 Å². The second-order valence-corrected chi connectivity index (χ2v) is 26.9. The van der Waals surface area contributed by atoms with Gasteiger partial charge in [0.1, 0.15) is 0 Å². The van der Waals surface area contributed by atoms with Gasteiger partial charge < -0.3 is 0 Å². The number of hydrogen-bond acceptors (Lipinski definition) is 0. The van der Waals surface area contributed by atoms with Gasteiger partial charge in [-0.05, 0) is 252 Å². The first kappa shape index (κ1) is 60.0. The molecule has 0 N–H and O–H groups in total. The van der Waals surface area contributed by atoms with E-state index in [4.69, 9.17) is 0 Å². The van der Waals surface area contributed by atoms with E-state index in [2.05, 4.69) is 400 Å². The Morgan fingerprint density at radius 1 is 0.0980 bits per heavy atom. The van der Waals surface area contributed by atoms with Crippen LogP contribution in [-0.4, -0.2) is 0 Å². The van der Waals surface area contributed by atoms with Crippen molar-refractivity contribution < 1.29 is 0 Å². The van der Waals surface area contributed by atoms with Crippen molar-refractivity contribution in [2.45, 2.75) is 0 Å². The minimum absolute atomic E-state index is 1.22. The first-order valence-electron chi connectivity index (χ1n) is 35.4. The number of benzene rings is 20. The fraction of sp³-hybridized carbons (Fsp3) is 0. The number of fused-ring (bicyclic) bond motifs is 11. The number of rotatable bonds is 9. The fourth-order valence-corrected chi connectivity index (χ4v) is 16.2. The van der Waals surface area contributed by atoms with E-state index in [1.54, 1.807) is 0 Å². The van der Waals surface area contributed by atoms with Crippen LogP contribution >= 0.6 is 0 Å². The molecule has 20 rings (SSSR count). The Kier molecular flexibility index (Phi) is 15.0. The van der Waals surface area contributed by atoms with Crippen LogP contribution in [-0.2, 0) is 0 Å². The summed E-state index contributed by atoms with van der Waals surface area (Å²) in [5, 5.41) is 22.8. The van der Waals surface area contributed by atoms with Crippen LogP contribution in [0.2, 0.25) is 0 Å². The van der Waals surface area contributed by atoms with Gasteiger partial charge >= 0.3 is 0 Å². The summed E-state index contributed by atoms with van der Waals surface area (Å²) in [5.74, 6) is 0. The minimum atomic E-state index is 1.22. The molecule has 0 bridgehead atoms. The normalized spacial score (nSPS) is 11.5. The van der Waals surface area contributed by atoms with Crippen LogP contribution in [0.4, 0.5) is 0 Å². The predicted molar refractivity (Wildman–Crippen MR) is 439 cm³/mol. The monoisotopic (exact) mass is 1290 g/mol. The predicted octanol–water partition coefficient (Wildman–Crippen LogP) is 28.8. The third-order valence-electron chi connectivity index (χ3n) is 21.0. The van der Waals surface area contributed by atoms with E-state index in [1.807, 2.05) is 0 Å². The molecule has 0 aromatic heterocycles. The Morgan fingerprint density at radius 3 is 0.833 bits per heavy atom. The van der Waals surface area contributed by atoms with E-state index in [1.165, 1.54) is 197 Å². The fourth-order valence-electron chi connectivity index (χ4n) is 16.2. The van der Waals surface area contributed by atoms with Crippen molar-refractivity contribution in [3.63, 3.8) is 0 Å². The van der Waals surface area contributed by atoms with Gasteiger partial charge in [0.05, 0.1) is 0 Å². The SMILES string of the molecule is c1ccc(-c2cc(-c3ccccc3)cc(-c3c4ccccc4c(-c4ccc5ccc(-c6ccccc6)cc5c4)c4ccccc34)c2)cc1.c1ccc(-c2cccc(-c3c4ccccc4c(-c4ccc5ccc(-c6cc7c8ccccc8ccc7c7ccccc67)cc5c4)c4ccccc34)c2)cc1. The summed E-state index contributed by atoms with van der Waals surface area (Å²) in [6, 6.07) is 147. The van der Waals surface area contributed by atoms with Crippen molar-refractivity contribution in [2.75, 3.05) is 0 Å². The summed E-state index contributed by atoms with van der Waals surface area (Å²) < 4.78 is 0. The third kappa shape index (κ3) is 10.7. The maximum absolute atomic E-state index is 2.41. The molecule has 0 heteroatoms. The van der Waals surface area contributed by atoms with Crippen LogP contribution in [0.15, 0.2) is 400 Å². The Hall–Kier alpha value is -13.3. The molecule has 0 nitrogen and oxygen atoms in total. The standard InChI is InChI=1S/C54H34.C48H32/c1-2-13-35(14-3-1)38-16-12-17-40(31-38)53-47-21-8-10-23-49(47)54(50-24-11-9-22-48(50)53)41-28-26-36-25-27-39(32-42(36)33-41)51-34-52-43-18-5-4-15-37(43)29-30-46(52)44-19-6-7-20-45(44)51;1-4-14-33(15-5-1)37-26-24-36-25-27-38(29-39(36)28-37)47-43-20-10-12-22-45(43)48(46-23-13-11-21-44(46)47)42-31-40(34-16-6-2-7-17-34)30-41(32-42)35-18-8-3-9-19-35/h1-34H;1-32H. The van der Waals surface area contributed by atoms with Gasteiger partial charge in [0, 0.05) is 0 Å². The van der Waals surface area contributed by atoms with Crippen LogP contribution in [0.5, 0.6) is 0 Å². The summed E-state index contributed by atoms with van der Waals surface area (Å²) in [6.45, 7) is 0. The van der Waals surface area contributed by atoms with E-state index >= 15 is 0 Å². The largest absolute Gasteiger partial charge is 0.0622 e. The van der Waals surface area contributed by atoms with E-state index in [0.29, 0.717) is 0 Å². The molecule has 0 spiro atoms. The van der Waals surface area contributed by atoms with Gasteiger partial charge in [0.25, 0.3) is 0 Å². The molecule has 0 unspecified atom stereocenters. The van der Waals surface area contributed by atoms with Crippen molar-refractivity contribution >= 4 is 97.0 Å². The lowest BCUT2D eigenvalue weighted by Crippen LogP contribution is -1.92. The summed E-state index contributed by atoms with van der Waals surface area (Å²) in [4.78, 5) is 0. The van der Waals surface area contributed by atoms with Crippen LogP contribution in [0.1, 0.15) is 0 Å². The first-order chi connectivity index (χ1) is 50.6. The smallest absolute Gasteiger partial charge is 0.00259 e. The maximum atomic E-state index is 2.41. The van der Waals surface area contributed by atoms with Crippen LogP contribution in [0, 0.1) is 0 Å². The highest BCUT2D eigenvalue weighted by molar-refractivity contribution is 6.25. The molecule has 0 atom stereocenters. The second kappa shape index (κ2) is 25.5. The Labute approximate surface area is 593 Å². The van der Waals surface area contributed by atoms with Crippen LogP contribution in [0.3, 0.4) is 0 Å². The zero-order valence-electron chi connectivity index (χ0n) is 56.1. The second-order valence-electron chi connectivity index (χ2n) is 26.9. The molecule has 0 aliphatic rings. The molecule has 0 saturated heterocycles. The Balaban J connectivity index is 0.000000142. The van der Waals surface area contributed by atoms with Crippen LogP contribution in [0.25, 0.3) is 197 Å². The first-order valence-corrected chi connectivity index (χ1v) is 35.4. The van der Waals surface area contributed by atoms with E-state index in [9.17, 15) is 0 Å². The maximum Gasteiger partial charge on any atom is -0.00259 e. The highest BCUT2D eigenvalue weighted by Gasteiger charge is 2.21. The third-order valence-corrected chi connectivity index (χ3v) is 21.0. The van der Waals surface area contributed by atoms with Gasteiger partial charge in [-0.25, -0.2) is 0 Å². The average molecular weight is 1290 g/mol. The van der Waals surface area contributed by atoms with E-state index in [-0.39, 0.29) is 0 Å². The van der Waals surface area contributed by atoms with E-state index in [0.717, 1.165) is 0 Å². The number of hydrogen-bond donors (Lipinski definition) is 0. The summed E-state index contributed by atoms with van der Waals surface area (Å²) >= 11 is 0. The van der Waals surface area contributed by atoms with Gasteiger partial charge in [0.2, 0.25) is 0 Å². The summed E-state index contributed by atoms with van der Waals surface area (Å²) in [7, 11) is 0. The zero-order valence-corrected chi connectivity index (χ0v) is 56.1. The van der Waals surface area contributed by atoms with Crippen LogP contribution < -0.4 is 0 Å². The van der Waals surface area contributed by atoms with Gasteiger partial charge in [-0.15, -0.1) is 0 Å². The molecular formula is C102H66. The zero-order chi connectivity index (χ0) is 67.5. The van der Waals surface area contributed by atoms with Crippen molar-refractivity contribution in [3.05, 3.63) is 400 Å². The highest BCUT2D eigenvalue weighted by atomic mass is 14.2.